The summed E-state index contributed by atoms with van der Waals surface area (Å²) in [4.78, 5) is 11.9. The molecule has 0 aliphatic carbocycles. The van der Waals surface area contributed by atoms with E-state index in [9.17, 15) is 18.0 Å². The van der Waals surface area contributed by atoms with E-state index >= 15 is 0 Å². The van der Waals surface area contributed by atoms with Gasteiger partial charge in [-0.1, -0.05) is 32.9 Å². The fourth-order valence-electron chi connectivity index (χ4n) is 2.10. The molecule has 0 spiro atoms. The van der Waals surface area contributed by atoms with Crippen molar-refractivity contribution >= 4 is 17.3 Å². The van der Waals surface area contributed by atoms with Gasteiger partial charge in [0.05, 0.1) is 12.2 Å². The Labute approximate surface area is 138 Å². The van der Waals surface area contributed by atoms with Crippen LogP contribution in [0.5, 0.6) is 0 Å². The molecule has 24 heavy (non-hydrogen) atoms. The highest BCUT2D eigenvalue weighted by atomic mass is 19.2. The Kier molecular flexibility index (Phi) is 5.17. The molecule has 0 fully saturated rings. The van der Waals surface area contributed by atoms with E-state index in [-0.39, 0.29) is 17.6 Å². The van der Waals surface area contributed by atoms with Crippen LogP contribution >= 0.6 is 0 Å². The summed E-state index contributed by atoms with van der Waals surface area (Å²) in [5.74, 6) is -4.63. The van der Waals surface area contributed by atoms with Gasteiger partial charge in [-0.3, -0.25) is 4.79 Å². The van der Waals surface area contributed by atoms with Crippen LogP contribution in [0.1, 0.15) is 26.3 Å². The van der Waals surface area contributed by atoms with Crippen molar-refractivity contribution in [2.75, 3.05) is 17.2 Å². The summed E-state index contributed by atoms with van der Waals surface area (Å²) in [5, 5.41) is 5.09. The summed E-state index contributed by atoms with van der Waals surface area (Å²) in [7, 11) is 0. The highest BCUT2D eigenvalue weighted by molar-refractivity contribution is 5.93. The average molecular weight is 336 g/mol. The van der Waals surface area contributed by atoms with E-state index in [1.807, 2.05) is 12.1 Å². The lowest BCUT2D eigenvalue weighted by atomic mass is 9.87. The van der Waals surface area contributed by atoms with Gasteiger partial charge >= 0.3 is 0 Å². The first-order valence-electron chi connectivity index (χ1n) is 7.46. The van der Waals surface area contributed by atoms with Gasteiger partial charge in [0.1, 0.15) is 0 Å². The number of halogens is 3. The van der Waals surface area contributed by atoms with Crippen LogP contribution in [0.3, 0.4) is 0 Å². The molecule has 0 atom stereocenters. The standard InChI is InChI=1S/C18H19F3N2O/c1-18(2,3)11-4-6-12(7-5-11)23-15(24)10-22-14-9-8-13(19)16(20)17(14)21/h4-9,22H,10H2,1-3H3,(H,23,24). The Balaban J connectivity index is 1.95. The monoisotopic (exact) mass is 336 g/mol. The van der Waals surface area contributed by atoms with Gasteiger partial charge in [-0.05, 0) is 35.2 Å². The molecule has 0 bridgehead atoms. The van der Waals surface area contributed by atoms with Crippen molar-refractivity contribution in [3.05, 3.63) is 59.4 Å². The predicted octanol–water partition coefficient (Wildman–Crippen LogP) is 4.45. The number of amides is 1. The van der Waals surface area contributed by atoms with E-state index in [2.05, 4.69) is 31.4 Å². The van der Waals surface area contributed by atoms with Gasteiger partial charge in [-0.25, -0.2) is 13.2 Å². The summed E-state index contributed by atoms with van der Waals surface area (Å²) in [6, 6.07) is 9.21. The molecule has 2 rings (SSSR count). The van der Waals surface area contributed by atoms with Crippen molar-refractivity contribution in [1.29, 1.82) is 0 Å². The molecule has 0 heterocycles. The average Bonchev–Trinajstić information content (AvgIpc) is 2.51. The minimum absolute atomic E-state index is 0.00821. The number of hydrogen-bond acceptors (Lipinski definition) is 2. The fraction of sp³-hybridized carbons (Fsp3) is 0.278. The van der Waals surface area contributed by atoms with Crippen LogP contribution in [0.2, 0.25) is 0 Å². The Bertz CT molecular complexity index is 737. The van der Waals surface area contributed by atoms with Gasteiger partial charge in [-0.15, -0.1) is 0 Å². The van der Waals surface area contributed by atoms with Crippen LogP contribution in [0.25, 0.3) is 0 Å². The van der Waals surface area contributed by atoms with Crippen LogP contribution in [0, 0.1) is 17.5 Å². The molecule has 0 aromatic heterocycles. The number of carbonyl (C=O) groups excluding carboxylic acids is 1. The molecule has 2 aromatic carbocycles. The highest BCUT2D eigenvalue weighted by Gasteiger charge is 2.15. The van der Waals surface area contributed by atoms with E-state index in [1.165, 1.54) is 0 Å². The number of anilines is 2. The van der Waals surface area contributed by atoms with Crippen molar-refractivity contribution in [3.63, 3.8) is 0 Å². The van der Waals surface area contributed by atoms with E-state index < -0.39 is 23.4 Å². The SMILES string of the molecule is CC(C)(C)c1ccc(NC(=O)CNc2ccc(F)c(F)c2F)cc1. The molecule has 1 amide bonds. The zero-order chi connectivity index (χ0) is 17.9. The Morgan fingerprint density at radius 2 is 1.58 bits per heavy atom. The van der Waals surface area contributed by atoms with Crippen molar-refractivity contribution in [2.45, 2.75) is 26.2 Å². The van der Waals surface area contributed by atoms with Crippen molar-refractivity contribution in [2.24, 2.45) is 0 Å². The highest BCUT2D eigenvalue weighted by Crippen LogP contribution is 2.23. The van der Waals surface area contributed by atoms with Gasteiger partial charge in [0.2, 0.25) is 5.91 Å². The molecule has 2 aromatic rings. The Hall–Kier alpha value is -2.50. The van der Waals surface area contributed by atoms with Crippen molar-refractivity contribution in [1.82, 2.24) is 0 Å². The van der Waals surface area contributed by atoms with Gasteiger partial charge < -0.3 is 10.6 Å². The lowest BCUT2D eigenvalue weighted by molar-refractivity contribution is -0.114. The third kappa shape index (κ3) is 4.28. The van der Waals surface area contributed by atoms with E-state index in [0.717, 1.165) is 17.7 Å². The third-order valence-electron chi connectivity index (χ3n) is 3.51. The first-order chi connectivity index (χ1) is 11.2. The number of hydrogen-bond donors (Lipinski definition) is 2. The second-order valence-corrected chi connectivity index (χ2v) is 6.45. The van der Waals surface area contributed by atoms with E-state index in [1.54, 1.807) is 12.1 Å². The maximum atomic E-state index is 13.5. The van der Waals surface area contributed by atoms with E-state index in [0.29, 0.717) is 5.69 Å². The third-order valence-corrected chi connectivity index (χ3v) is 3.51. The van der Waals surface area contributed by atoms with Gasteiger partial charge in [-0.2, -0.15) is 0 Å². The zero-order valence-electron chi connectivity index (χ0n) is 13.7. The number of rotatable bonds is 4. The van der Waals surface area contributed by atoms with Gasteiger partial charge in [0.25, 0.3) is 0 Å². The number of nitrogens with one attached hydrogen (secondary N) is 2. The molecule has 2 N–H and O–H groups in total. The van der Waals surface area contributed by atoms with E-state index in [4.69, 9.17) is 0 Å². The van der Waals surface area contributed by atoms with Crippen LogP contribution in [0.15, 0.2) is 36.4 Å². The Morgan fingerprint density at radius 1 is 0.958 bits per heavy atom. The molecule has 6 heteroatoms. The molecule has 0 saturated heterocycles. The molecule has 0 aliphatic rings. The summed E-state index contributed by atoms with van der Waals surface area (Å²) >= 11 is 0. The summed E-state index contributed by atoms with van der Waals surface area (Å²) in [6.07, 6.45) is 0. The first-order valence-corrected chi connectivity index (χ1v) is 7.46. The molecule has 0 saturated carbocycles. The van der Waals surface area contributed by atoms with Crippen LogP contribution in [-0.4, -0.2) is 12.5 Å². The Morgan fingerprint density at radius 3 is 2.17 bits per heavy atom. The zero-order valence-corrected chi connectivity index (χ0v) is 13.7. The molecular weight excluding hydrogens is 317 g/mol. The van der Waals surface area contributed by atoms with Crippen molar-refractivity contribution in [3.8, 4) is 0 Å². The maximum Gasteiger partial charge on any atom is 0.243 e. The van der Waals surface area contributed by atoms with Crippen LogP contribution in [0.4, 0.5) is 24.5 Å². The number of benzene rings is 2. The summed E-state index contributed by atoms with van der Waals surface area (Å²) in [6.45, 7) is 5.98. The fourth-order valence-corrected chi connectivity index (χ4v) is 2.10. The second-order valence-electron chi connectivity index (χ2n) is 6.45. The van der Waals surface area contributed by atoms with Crippen LogP contribution in [-0.2, 0) is 10.2 Å². The minimum Gasteiger partial charge on any atom is -0.374 e. The largest absolute Gasteiger partial charge is 0.374 e. The minimum atomic E-state index is -1.57. The molecule has 0 aliphatic heterocycles. The first kappa shape index (κ1) is 17.8. The lowest BCUT2D eigenvalue weighted by Crippen LogP contribution is -2.22. The smallest absolute Gasteiger partial charge is 0.243 e. The lowest BCUT2D eigenvalue weighted by Gasteiger charge is -2.19. The van der Waals surface area contributed by atoms with Gasteiger partial charge in [0.15, 0.2) is 17.5 Å². The molecule has 0 unspecified atom stereocenters. The van der Waals surface area contributed by atoms with Crippen molar-refractivity contribution < 1.29 is 18.0 Å². The topological polar surface area (TPSA) is 41.1 Å². The molecule has 128 valence electrons. The summed E-state index contributed by atoms with van der Waals surface area (Å²) < 4.78 is 39.4. The normalized spacial score (nSPS) is 11.2. The van der Waals surface area contributed by atoms with Crippen LogP contribution < -0.4 is 10.6 Å². The summed E-state index contributed by atoms with van der Waals surface area (Å²) in [5.41, 5.74) is 1.46. The molecule has 0 radical (unpaired) electrons. The maximum absolute atomic E-state index is 13.5. The second kappa shape index (κ2) is 6.95. The quantitative estimate of drug-likeness (QED) is 0.810. The molecule has 3 nitrogen and oxygen atoms in total. The molecular formula is C18H19F3N2O. The number of carbonyl (C=O) groups is 1. The predicted molar refractivity (Wildman–Crippen MR) is 88.6 cm³/mol. The van der Waals surface area contributed by atoms with Gasteiger partial charge in [0, 0.05) is 5.69 Å².